The van der Waals surface area contributed by atoms with Gasteiger partial charge in [0.25, 0.3) is 0 Å². The molecule has 1 atom stereocenters. The molecule has 15 heavy (non-hydrogen) atoms. The van der Waals surface area contributed by atoms with Crippen LogP contribution in [-0.4, -0.2) is 26.3 Å². The lowest BCUT2D eigenvalue weighted by molar-refractivity contribution is 0.0861. The number of nitrogens with one attached hydrogen (secondary N) is 1. The summed E-state index contributed by atoms with van der Waals surface area (Å²) in [6.45, 7) is 8.42. The van der Waals surface area contributed by atoms with Crippen LogP contribution in [0.15, 0.2) is 0 Å². The third-order valence-corrected chi connectivity index (χ3v) is 3.44. The Bertz CT molecular complexity index is 143. The van der Waals surface area contributed by atoms with Crippen molar-refractivity contribution in [3.05, 3.63) is 0 Å². The fourth-order valence-corrected chi connectivity index (χ4v) is 2.52. The Morgan fingerprint density at radius 3 is 2.60 bits per heavy atom. The summed E-state index contributed by atoms with van der Waals surface area (Å²) < 4.78 is 5.60. The highest BCUT2D eigenvalue weighted by Gasteiger charge is 2.24. The average Bonchev–Trinajstić information content (AvgIpc) is 2.76. The first-order chi connectivity index (χ1) is 7.38. The van der Waals surface area contributed by atoms with Crippen molar-refractivity contribution in [2.75, 3.05) is 26.3 Å². The van der Waals surface area contributed by atoms with E-state index in [1.165, 1.54) is 32.1 Å². The van der Waals surface area contributed by atoms with E-state index in [0.29, 0.717) is 0 Å². The van der Waals surface area contributed by atoms with Gasteiger partial charge in [-0.2, -0.15) is 0 Å². The van der Waals surface area contributed by atoms with Crippen molar-refractivity contribution in [2.45, 2.75) is 46.0 Å². The molecule has 0 aromatic heterocycles. The second-order valence-corrected chi connectivity index (χ2v) is 4.67. The standard InChI is InChI=1S/C13H27NO/c1-3-9-14-10-13(11-15-4-2)12-7-5-6-8-12/h12-14H,3-11H2,1-2H3. The maximum Gasteiger partial charge on any atom is 0.0508 e. The number of hydrogen-bond donors (Lipinski definition) is 1. The second-order valence-electron chi connectivity index (χ2n) is 4.67. The molecule has 0 aromatic rings. The zero-order chi connectivity index (χ0) is 10.9. The fourth-order valence-electron chi connectivity index (χ4n) is 2.52. The molecule has 0 aliphatic heterocycles. The van der Waals surface area contributed by atoms with Crippen LogP contribution < -0.4 is 5.32 Å². The summed E-state index contributed by atoms with van der Waals surface area (Å²) in [5.74, 6) is 1.67. The molecular weight excluding hydrogens is 186 g/mol. The van der Waals surface area contributed by atoms with Crippen LogP contribution >= 0.6 is 0 Å². The quantitative estimate of drug-likeness (QED) is 0.626. The molecule has 1 saturated carbocycles. The molecule has 1 rings (SSSR count). The first-order valence-corrected chi connectivity index (χ1v) is 6.66. The van der Waals surface area contributed by atoms with Crippen LogP contribution in [0.5, 0.6) is 0 Å². The molecule has 0 aromatic carbocycles. The summed E-state index contributed by atoms with van der Waals surface area (Å²) in [5, 5.41) is 3.54. The minimum atomic E-state index is 0.749. The predicted octanol–water partition coefficient (Wildman–Crippen LogP) is 2.83. The van der Waals surface area contributed by atoms with Gasteiger partial charge in [-0.15, -0.1) is 0 Å². The third kappa shape index (κ3) is 4.98. The van der Waals surface area contributed by atoms with Gasteiger partial charge in [0.1, 0.15) is 0 Å². The van der Waals surface area contributed by atoms with Crippen LogP contribution in [-0.2, 0) is 4.74 Å². The molecule has 0 heterocycles. The highest BCUT2D eigenvalue weighted by molar-refractivity contribution is 4.76. The molecule has 1 N–H and O–H groups in total. The Kier molecular flexibility index (Phi) is 7.03. The Hall–Kier alpha value is -0.0800. The second kappa shape index (κ2) is 8.12. The summed E-state index contributed by atoms with van der Waals surface area (Å²) in [7, 11) is 0. The van der Waals surface area contributed by atoms with Gasteiger partial charge < -0.3 is 10.1 Å². The number of hydrogen-bond acceptors (Lipinski definition) is 2. The van der Waals surface area contributed by atoms with Crippen LogP contribution in [0.2, 0.25) is 0 Å². The van der Waals surface area contributed by atoms with Crippen molar-refractivity contribution in [1.29, 1.82) is 0 Å². The summed E-state index contributed by atoms with van der Waals surface area (Å²) in [6.07, 6.45) is 6.94. The number of ether oxygens (including phenoxy) is 1. The lowest BCUT2D eigenvalue weighted by atomic mass is 9.91. The van der Waals surface area contributed by atoms with Gasteiger partial charge in [0, 0.05) is 13.2 Å². The molecule has 1 aliphatic carbocycles. The van der Waals surface area contributed by atoms with Gasteiger partial charge in [-0.1, -0.05) is 32.6 Å². The van der Waals surface area contributed by atoms with E-state index < -0.39 is 0 Å². The lowest BCUT2D eigenvalue weighted by Crippen LogP contribution is -2.31. The van der Waals surface area contributed by atoms with Crippen LogP contribution in [0.1, 0.15) is 46.0 Å². The Morgan fingerprint density at radius 2 is 2.00 bits per heavy atom. The average molecular weight is 213 g/mol. The Morgan fingerprint density at radius 1 is 1.27 bits per heavy atom. The van der Waals surface area contributed by atoms with Gasteiger partial charge >= 0.3 is 0 Å². The van der Waals surface area contributed by atoms with E-state index in [0.717, 1.165) is 38.1 Å². The zero-order valence-electron chi connectivity index (χ0n) is 10.4. The predicted molar refractivity (Wildman–Crippen MR) is 65.1 cm³/mol. The van der Waals surface area contributed by atoms with Crippen molar-refractivity contribution in [3.8, 4) is 0 Å². The van der Waals surface area contributed by atoms with E-state index in [-0.39, 0.29) is 0 Å². The number of rotatable bonds is 8. The summed E-state index contributed by atoms with van der Waals surface area (Å²) >= 11 is 0. The Labute approximate surface area is 94.8 Å². The first-order valence-electron chi connectivity index (χ1n) is 6.66. The van der Waals surface area contributed by atoms with Gasteiger partial charge in [0.15, 0.2) is 0 Å². The molecule has 0 spiro atoms. The van der Waals surface area contributed by atoms with Gasteiger partial charge in [0.2, 0.25) is 0 Å². The summed E-state index contributed by atoms with van der Waals surface area (Å²) in [4.78, 5) is 0. The highest BCUT2D eigenvalue weighted by Crippen LogP contribution is 2.31. The highest BCUT2D eigenvalue weighted by atomic mass is 16.5. The fraction of sp³-hybridized carbons (Fsp3) is 1.00. The van der Waals surface area contributed by atoms with E-state index >= 15 is 0 Å². The molecular formula is C13H27NO. The van der Waals surface area contributed by atoms with Crippen molar-refractivity contribution < 1.29 is 4.74 Å². The van der Waals surface area contributed by atoms with E-state index in [2.05, 4.69) is 19.2 Å². The Balaban J connectivity index is 2.23. The van der Waals surface area contributed by atoms with Gasteiger partial charge in [-0.05, 0) is 31.7 Å². The van der Waals surface area contributed by atoms with Crippen molar-refractivity contribution >= 4 is 0 Å². The maximum atomic E-state index is 5.60. The molecule has 0 saturated heterocycles. The van der Waals surface area contributed by atoms with E-state index in [4.69, 9.17) is 4.74 Å². The molecule has 90 valence electrons. The monoisotopic (exact) mass is 213 g/mol. The van der Waals surface area contributed by atoms with Crippen LogP contribution in [0, 0.1) is 11.8 Å². The zero-order valence-corrected chi connectivity index (χ0v) is 10.4. The van der Waals surface area contributed by atoms with Gasteiger partial charge in [0.05, 0.1) is 6.61 Å². The maximum absolute atomic E-state index is 5.60. The summed E-state index contributed by atoms with van der Waals surface area (Å²) in [6, 6.07) is 0. The van der Waals surface area contributed by atoms with E-state index in [1.807, 2.05) is 0 Å². The van der Waals surface area contributed by atoms with Crippen LogP contribution in [0.25, 0.3) is 0 Å². The molecule has 1 aliphatic rings. The molecule has 0 radical (unpaired) electrons. The molecule has 2 nitrogen and oxygen atoms in total. The van der Waals surface area contributed by atoms with Gasteiger partial charge in [-0.3, -0.25) is 0 Å². The summed E-state index contributed by atoms with van der Waals surface area (Å²) in [5.41, 5.74) is 0. The van der Waals surface area contributed by atoms with E-state index in [9.17, 15) is 0 Å². The largest absolute Gasteiger partial charge is 0.381 e. The van der Waals surface area contributed by atoms with Crippen molar-refractivity contribution in [1.82, 2.24) is 5.32 Å². The van der Waals surface area contributed by atoms with Gasteiger partial charge in [-0.25, -0.2) is 0 Å². The van der Waals surface area contributed by atoms with Crippen LogP contribution in [0.4, 0.5) is 0 Å². The van der Waals surface area contributed by atoms with E-state index in [1.54, 1.807) is 0 Å². The normalized spacial score (nSPS) is 19.6. The SMILES string of the molecule is CCCNCC(COCC)C1CCCC1. The minimum absolute atomic E-state index is 0.749. The minimum Gasteiger partial charge on any atom is -0.381 e. The van der Waals surface area contributed by atoms with Crippen molar-refractivity contribution in [2.24, 2.45) is 11.8 Å². The van der Waals surface area contributed by atoms with Crippen molar-refractivity contribution in [3.63, 3.8) is 0 Å². The molecule has 0 amide bonds. The first kappa shape index (κ1) is 13.0. The molecule has 1 fully saturated rings. The molecule has 0 bridgehead atoms. The third-order valence-electron chi connectivity index (χ3n) is 3.44. The van der Waals surface area contributed by atoms with Crippen LogP contribution in [0.3, 0.4) is 0 Å². The smallest absolute Gasteiger partial charge is 0.0508 e. The lowest BCUT2D eigenvalue weighted by Gasteiger charge is -2.23. The molecule has 1 unspecified atom stereocenters. The topological polar surface area (TPSA) is 21.3 Å². The molecule has 2 heteroatoms.